The first-order valence-electron chi connectivity index (χ1n) is 2.65. The Bertz CT molecular complexity index is 103. The van der Waals surface area contributed by atoms with Gasteiger partial charge in [0, 0.05) is 12.3 Å². The third-order valence-corrected chi connectivity index (χ3v) is 2.70. The molecule has 0 saturated carbocycles. The summed E-state index contributed by atoms with van der Waals surface area (Å²) in [6, 6.07) is 0. The van der Waals surface area contributed by atoms with Crippen LogP contribution in [0.25, 0.3) is 0 Å². The number of rotatable bonds is 4. The largest absolute Gasteiger partial charge is 0.396 e. The van der Waals surface area contributed by atoms with Crippen molar-refractivity contribution in [2.75, 3.05) is 25.5 Å². The van der Waals surface area contributed by atoms with E-state index in [1.165, 1.54) is 0 Å². The lowest BCUT2D eigenvalue weighted by atomic mass is 10.9. The molecule has 3 N–H and O–H groups in total. The zero-order valence-corrected chi connectivity index (χ0v) is 5.92. The summed E-state index contributed by atoms with van der Waals surface area (Å²) in [5, 5.41) is 16.4. The van der Waals surface area contributed by atoms with Crippen LogP contribution in [0, 0.1) is 0 Å². The Morgan fingerprint density at radius 2 is 1.44 bits per heavy atom. The molecule has 56 valence electrons. The number of aliphatic hydroxyl groups excluding tert-OH is 2. The summed E-state index contributed by atoms with van der Waals surface area (Å²) >= 11 is 0. The lowest BCUT2D eigenvalue weighted by molar-refractivity contribution is 0.303. The molecule has 0 aromatic carbocycles. The minimum Gasteiger partial charge on any atom is -0.396 e. The van der Waals surface area contributed by atoms with Crippen molar-refractivity contribution < 1.29 is 19.7 Å². The minimum absolute atomic E-state index is 0.117. The van der Waals surface area contributed by atoms with E-state index in [0.717, 1.165) is 0 Å². The van der Waals surface area contributed by atoms with Gasteiger partial charge in [0.05, 0.1) is 13.2 Å². The molecule has 0 radical (unpaired) electrons. The van der Waals surface area contributed by atoms with Gasteiger partial charge in [-0.15, -0.1) is 0 Å². The predicted molar refractivity (Wildman–Crippen MR) is 33.7 cm³/mol. The van der Waals surface area contributed by atoms with Crippen LogP contribution in [-0.2, 0) is 4.57 Å². The Morgan fingerprint density at radius 3 is 1.67 bits per heavy atom. The van der Waals surface area contributed by atoms with Gasteiger partial charge < -0.3 is 15.1 Å². The van der Waals surface area contributed by atoms with Crippen LogP contribution in [0.2, 0.25) is 0 Å². The third kappa shape index (κ3) is 4.60. The van der Waals surface area contributed by atoms with Gasteiger partial charge in [-0.25, -0.2) is 0 Å². The van der Waals surface area contributed by atoms with Crippen molar-refractivity contribution in [3.05, 3.63) is 0 Å². The van der Waals surface area contributed by atoms with E-state index in [1.54, 1.807) is 0 Å². The Balaban J connectivity index is 3.58. The van der Waals surface area contributed by atoms with Gasteiger partial charge in [0.15, 0.2) is 0 Å². The Morgan fingerprint density at radius 1 is 1.11 bits per heavy atom. The van der Waals surface area contributed by atoms with Crippen molar-refractivity contribution in [3.63, 3.8) is 0 Å². The van der Waals surface area contributed by atoms with E-state index in [2.05, 4.69) is 0 Å². The van der Waals surface area contributed by atoms with Crippen LogP contribution in [-0.4, -0.2) is 40.6 Å². The molecule has 0 saturated heterocycles. The Kier molecular flexibility index (Phi) is 4.06. The lowest BCUT2D eigenvalue weighted by Gasteiger charge is -2.05. The fourth-order valence-electron chi connectivity index (χ4n) is 0.424. The van der Waals surface area contributed by atoms with Gasteiger partial charge >= 0.3 is 0 Å². The molecule has 0 heterocycles. The highest BCUT2D eigenvalue weighted by molar-refractivity contribution is 7.58. The van der Waals surface area contributed by atoms with Gasteiger partial charge in [0.1, 0.15) is 0 Å². The summed E-state index contributed by atoms with van der Waals surface area (Å²) < 4.78 is 10.6. The lowest BCUT2D eigenvalue weighted by Crippen LogP contribution is -2.01. The normalized spacial score (nSPS) is 11.9. The second kappa shape index (κ2) is 4.01. The predicted octanol–water partition coefficient (Wildman–Crippen LogP) is -0.759. The fraction of sp³-hybridized carbons (Fsp3) is 1.00. The number of hydrogen-bond donors (Lipinski definition) is 3. The SMILES string of the molecule is O=P(O)(CCO)CCO. The molecule has 0 amide bonds. The quantitative estimate of drug-likeness (QED) is 0.465. The zero-order chi connectivity index (χ0) is 7.33. The van der Waals surface area contributed by atoms with Crippen molar-refractivity contribution in [1.29, 1.82) is 0 Å². The van der Waals surface area contributed by atoms with Gasteiger partial charge in [0.25, 0.3) is 0 Å². The van der Waals surface area contributed by atoms with Crippen LogP contribution in [0.3, 0.4) is 0 Å². The van der Waals surface area contributed by atoms with Gasteiger partial charge in [-0.1, -0.05) is 0 Å². The van der Waals surface area contributed by atoms with Crippen molar-refractivity contribution in [2.45, 2.75) is 0 Å². The number of hydrogen-bond acceptors (Lipinski definition) is 3. The highest BCUT2D eigenvalue weighted by Crippen LogP contribution is 2.38. The zero-order valence-electron chi connectivity index (χ0n) is 5.03. The molecule has 0 rings (SSSR count). The summed E-state index contributed by atoms with van der Waals surface area (Å²) in [6.07, 6.45) is -0.235. The summed E-state index contributed by atoms with van der Waals surface area (Å²) in [5.41, 5.74) is 0. The van der Waals surface area contributed by atoms with Gasteiger partial charge in [-0.05, 0) is 0 Å². The summed E-state index contributed by atoms with van der Waals surface area (Å²) in [7, 11) is -3.19. The first-order valence-corrected chi connectivity index (χ1v) is 4.68. The summed E-state index contributed by atoms with van der Waals surface area (Å²) in [5.74, 6) is 0. The molecule has 0 unspecified atom stereocenters. The molecular weight excluding hydrogens is 143 g/mol. The molecule has 0 aliphatic carbocycles. The molecule has 0 aliphatic heterocycles. The van der Waals surface area contributed by atoms with Crippen LogP contribution in [0.4, 0.5) is 0 Å². The molecule has 0 aromatic rings. The van der Waals surface area contributed by atoms with E-state index in [-0.39, 0.29) is 25.5 Å². The summed E-state index contributed by atoms with van der Waals surface area (Å²) in [6.45, 7) is -0.596. The monoisotopic (exact) mass is 154 g/mol. The maximum absolute atomic E-state index is 10.6. The van der Waals surface area contributed by atoms with Crippen LogP contribution >= 0.6 is 7.37 Å². The Labute approximate surface area is 53.6 Å². The van der Waals surface area contributed by atoms with Gasteiger partial charge in [0.2, 0.25) is 7.37 Å². The second-order valence-electron chi connectivity index (χ2n) is 1.74. The molecule has 0 spiro atoms. The molecule has 0 aliphatic rings. The first-order chi connectivity index (χ1) is 4.12. The van der Waals surface area contributed by atoms with Crippen molar-refractivity contribution in [1.82, 2.24) is 0 Å². The van der Waals surface area contributed by atoms with Crippen molar-refractivity contribution >= 4 is 7.37 Å². The van der Waals surface area contributed by atoms with E-state index in [0.29, 0.717) is 0 Å². The van der Waals surface area contributed by atoms with E-state index in [4.69, 9.17) is 15.1 Å². The standard InChI is InChI=1S/C4H11O4P/c5-1-3-9(7,8)4-2-6/h5-6H,1-4H2,(H,7,8). The molecule has 0 aromatic heterocycles. The molecule has 0 fully saturated rings. The average Bonchev–Trinajstić information content (AvgIpc) is 1.64. The second-order valence-corrected chi connectivity index (χ2v) is 4.33. The van der Waals surface area contributed by atoms with E-state index < -0.39 is 7.37 Å². The highest BCUT2D eigenvalue weighted by atomic mass is 31.2. The van der Waals surface area contributed by atoms with Crippen molar-refractivity contribution in [2.24, 2.45) is 0 Å². The topological polar surface area (TPSA) is 77.8 Å². The first kappa shape index (κ1) is 9.11. The van der Waals surface area contributed by atoms with Crippen LogP contribution in [0.5, 0.6) is 0 Å². The van der Waals surface area contributed by atoms with Crippen molar-refractivity contribution in [3.8, 4) is 0 Å². The van der Waals surface area contributed by atoms with E-state index in [1.807, 2.05) is 0 Å². The molecule has 0 atom stereocenters. The Hall–Kier alpha value is 0.110. The molecule has 9 heavy (non-hydrogen) atoms. The number of aliphatic hydroxyl groups is 2. The van der Waals surface area contributed by atoms with Crippen LogP contribution < -0.4 is 0 Å². The fourth-order valence-corrected chi connectivity index (χ4v) is 1.27. The molecule has 5 heteroatoms. The molecule has 0 bridgehead atoms. The van der Waals surface area contributed by atoms with Gasteiger partial charge in [-0.2, -0.15) is 0 Å². The van der Waals surface area contributed by atoms with Crippen LogP contribution in [0.15, 0.2) is 0 Å². The smallest absolute Gasteiger partial charge is 0.205 e. The van der Waals surface area contributed by atoms with E-state index in [9.17, 15) is 4.57 Å². The summed E-state index contributed by atoms with van der Waals surface area (Å²) in [4.78, 5) is 8.75. The average molecular weight is 154 g/mol. The molecule has 4 nitrogen and oxygen atoms in total. The third-order valence-electron chi connectivity index (χ3n) is 0.899. The highest BCUT2D eigenvalue weighted by Gasteiger charge is 2.15. The maximum atomic E-state index is 10.6. The van der Waals surface area contributed by atoms with E-state index >= 15 is 0 Å². The molecular formula is C4H11O4P. The van der Waals surface area contributed by atoms with Crippen LogP contribution in [0.1, 0.15) is 0 Å². The van der Waals surface area contributed by atoms with Gasteiger partial charge in [-0.3, -0.25) is 4.57 Å². The minimum atomic E-state index is -3.19. The maximum Gasteiger partial charge on any atom is 0.205 e.